The lowest BCUT2D eigenvalue weighted by Gasteiger charge is -2.18. The molecule has 1 aliphatic rings. The molecule has 2 rings (SSSR count). The minimum absolute atomic E-state index is 0.443. The Morgan fingerprint density at radius 3 is 2.56 bits per heavy atom. The molecule has 0 spiro atoms. The van der Waals surface area contributed by atoms with E-state index in [0.29, 0.717) is 12.0 Å². The standard InChI is InChI=1S/C14H19BrO/c1-10(2)13-9-11(15)7-8-14(13)16-12-5-3-4-6-12/h7-10,12H,3-6H2,1-2H3. The third kappa shape index (κ3) is 2.79. The fraction of sp³-hybridized carbons (Fsp3) is 0.571. The zero-order valence-corrected chi connectivity index (χ0v) is 11.6. The van der Waals surface area contributed by atoms with Gasteiger partial charge in [0.1, 0.15) is 5.75 Å². The van der Waals surface area contributed by atoms with Crippen molar-refractivity contribution in [1.29, 1.82) is 0 Å². The van der Waals surface area contributed by atoms with E-state index < -0.39 is 0 Å². The van der Waals surface area contributed by atoms with Crippen LogP contribution >= 0.6 is 15.9 Å². The third-order valence-corrected chi connectivity index (χ3v) is 3.68. The van der Waals surface area contributed by atoms with E-state index in [4.69, 9.17) is 4.74 Å². The van der Waals surface area contributed by atoms with Crippen molar-refractivity contribution in [3.05, 3.63) is 28.2 Å². The minimum Gasteiger partial charge on any atom is -0.490 e. The van der Waals surface area contributed by atoms with Crippen LogP contribution in [0.5, 0.6) is 5.75 Å². The van der Waals surface area contributed by atoms with E-state index in [-0.39, 0.29) is 0 Å². The van der Waals surface area contributed by atoms with E-state index in [1.54, 1.807) is 0 Å². The molecule has 1 saturated carbocycles. The summed E-state index contributed by atoms with van der Waals surface area (Å²) in [5.74, 6) is 1.58. The first-order valence-electron chi connectivity index (χ1n) is 6.13. The van der Waals surface area contributed by atoms with Crippen LogP contribution in [-0.4, -0.2) is 6.10 Å². The lowest BCUT2D eigenvalue weighted by atomic mass is 10.0. The maximum absolute atomic E-state index is 6.10. The zero-order valence-electron chi connectivity index (χ0n) is 10.0. The molecule has 2 heteroatoms. The van der Waals surface area contributed by atoms with Crippen LogP contribution in [0.2, 0.25) is 0 Å². The molecule has 0 amide bonds. The van der Waals surface area contributed by atoms with E-state index in [1.165, 1.54) is 31.2 Å². The van der Waals surface area contributed by atoms with Gasteiger partial charge in [0.2, 0.25) is 0 Å². The van der Waals surface area contributed by atoms with Crippen molar-refractivity contribution >= 4 is 15.9 Å². The Morgan fingerprint density at radius 1 is 1.25 bits per heavy atom. The fourth-order valence-corrected chi connectivity index (χ4v) is 2.64. The van der Waals surface area contributed by atoms with Crippen LogP contribution in [0.1, 0.15) is 51.0 Å². The summed E-state index contributed by atoms with van der Waals surface area (Å²) in [5, 5.41) is 0. The highest BCUT2D eigenvalue weighted by Crippen LogP contribution is 2.32. The van der Waals surface area contributed by atoms with Crippen molar-refractivity contribution in [2.75, 3.05) is 0 Å². The lowest BCUT2D eigenvalue weighted by molar-refractivity contribution is 0.207. The number of halogens is 1. The summed E-state index contributed by atoms with van der Waals surface area (Å²) >= 11 is 3.52. The first-order valence-corrected chi connectivity index (χ1v) is 6.92. The van der Waals surface area contributed by atoms with Gasteiger partial charge >= 0.3 is 0 Å². The van der Waals surface area contributed by atoms with Crippen LogP contribution in [0.15, 0.2) is 22.7 Å². The van der Waals surface area contributed by atoms with Crippen molar-refractivity contribution in [2.24, 2.45) is 0 Å². The SMILES string of the molecule is CC(C)c1cc(Br)ccc1OC1CCCC1. The average molecular weight is 283 g/mol. The van der Waals surface area contributed by atoms with Crippen LogP contribution < -0.4 is 4.74 Å². The summed E-state index contributed by atoms with van der Waals surface area (Å²) in [6.45, 7) is 4.42. The highest BCUT2D eigenvalue weighted by atomic mass is 79.9. The maximum atomic E-state index is 6.10. The molecule has 0 atom stereocenters. The number of benzene rings is 1. The highest BCUT2D eigenvalue weighted by molar-refractivity contribution is 9.10. The normalized spacial score (nSPS) is 17.0. The molecule has 88 valence electrons. The largest absolute Gasteiger partial charge is 0.490 e. The van der Waals surface area contributed by atoms with Crippen molar-refractivity contribution in [3.8, 4) is 5.75 Å². The zero-order chi connectivity index (χ0) is 11.5. The fourth-order valence-electron chi connectivity index (χ4n) is 2.26. The molecule has 0 radical (unpaired) electrons. The summed E-state index contributed by atoms with van der Waals surface area (Å²) in [6, 6.07) is 6.34. The summed E-state index contributed by atoms with van der Waals surface area (Å²) in [5.41, 5.74) is 1.31. The molecule has 0 unspecified atom stereocenters. The van der Waals surface area contributed by atoms with Crippen molar-refractivity contribution < 1.29 is 4.74 Å². The predicted octanol–water partition coefficient (Wildman–Crippen LogP) is 4.89. The minimum atomic E-state index is 0.443. The first kappa shape index (κ1) is 12.0. The van der Waals surface area contributed by atoms with Gasteiger partial charge in [0.25, 0.3) is 0 Å². The third-order valence-electron chi connectivity index (χ3n) is 3.19. The van der Waals surface area contributed by atoms with Crippen LogP contribution in [0, 0.1) is 0 Å². The highest BCUT2D eigenvalue weighted by Gasteiger charge is 2.18. The molecule has 0 aliphatic heterocycles. The van der Waals surface area contributed by atoms with E-state index in [9.17, 15) is 0 Å². The smallest absolute Gasteiger partial charge is 0.123 e. The van der Waals surface area contributed by atoms with Crippen LogP contribution in [-0.2, 0) is 0 Å². The maximum Gasteiger partial charge on any atom is 0.123 e. The number of ether oxygens (including phenoxy) is 1. The monoisotopic (exact) mass is 282 g/mol. The Bertz CT molecular complexity index is 354. The Morgan fingerprint density at radius 2 is 1.94 bits per heavy atom. The second-order valence-electron chi connectivity index (χ2n) is 4.86. The van der Waals surface area contributed by atoms with Gasteiger partial charge in [-0.2, -0.15) is 0 Å². The Labute approximate surface area is 106 Å². The topological polar surface area (TPSA) is 9.23 Å². The van der Waals surface area contributed by atoms with Crippen LogP contribution in [0.25, 0.3) is 0 Å². The quantitative estimate of drug-likeness (QED) is 0.767. The Kier molecular flexibility index (Phi) is 3.91. The molecule has 1 nitrogen and oxygen atoms in total. The summed E-state index contributed by atoms with van der Waals surface area (Å²) < 4.78 is 7.24. The lowest BCUT2D eigenvalue weighted by Crippen LogP contribution is -2.12. The molecule has 0 bridgehead atoms. The van der Waals surface area contributed by atoms with Gasteiger partial charge in [0.15, 0.2) is 0 Å². The molecule has 1 aromatic carbocycles. The Balaban J connectivity index is 2.18. The summed E-state index contributed by atoms with van der Waals surface area (Å²) in [4.78, 5) is 0. The van der Waals surface area contributed by atoms with E-state index in [2.05, 4.69) is 48.0 Å². The van der Waals surface area contributed by atoms with Gasteiger partial charge in [-0.1, -0.05) is 29.8 Å². The van der Waals surface area contributed by atoms with Crippen molar-refractivity contribution in [2.45, 2.75) is 51.6 Å². The first-order chi connectivity index (χ1) is 7.66. The molecule has 0 heterocycles. The molecular weight excluding hydrogens is 264 g/mol. The number of rotatable bonds is 3. The van der Waals surface area contributed by atoms with E-state index in [0.717, 1.165) is 10.2 Å². The van der Waals surface area contributed by atoms with Gasteiger partial charge in [-0.3, -0.25) is 0 Å². The molecule has 0 saturated heterocycles. The molecule has 16 heavy (non-hydrogen) atoms. The van der Waals surface area contributed by atoms with Gasteiger partial charge in [-0.05, 0) is 55.4 Å². The van der Waals surface area contributed by atoms with Gasteiger partial charge in [0, 0.05) is 4.47 Å². The number of hydrogen-bond acceptors (Lipinski definition) is 1. The second kappa shape index (κ2) is 5.22. The van der Waals surface area contributed by atoms with Crippen LogP contribution in [0.3, 0.4) is 0 Å². The summed E-state index contributed by atoms with van der Waals surface area (Å²) in [7, 11) is 0. The van der Waals surface area contributed by atoms with Crippen LogP contribution in [0.4, 0.5) is 0 Å². The second-order valence-corrected chi connectivity index (χ2v) is 5.78. The average Bonchev–Trinajstić information content (AvgIpc) is 2.73. The van der Waals surface area contributed by atoms with Crippen molar-refractivity contribution in [3.63, 3.8) is 0 Å². The van der Waals surface area contributed by atoms with Gasteiger partial charge in [-0.15, -0.1) is 0 Å². The number of hydrogen-bond donors (Lipinski definition) is 0. The van der Waals surface area contributed by atoms with Gasteiger partial charge < -0.3 is 4.74 Å². The molecule has 1 aromatic rings. The molecular formula is C14H19BrO. The molecule has 1 fully saturated rings. The molecule has 0 aromatic heterocycles. The van der Waals surface area contributed by atoms with Crippen molar-refractivity contribution in [1.82, 2.24) is 0 Å². The van der Waals surface area contributed by atoms with Gasteiger partial charge in [0.05, 0.1) is 6.10 Å². The van der Waals surface area contributed by atoms with E-state index in [1.807, 2.05) is 0 Å². The molecule has 1 aliphatic carbocycles. The predicted molar refractivity (Wildman–Crippen MR) is 71.1 cm³/mol. The molecule has 0 N–H and O–H groups in total. The Hall–Kier alpha value is -0.500. The van der Waals surface area contributed by atoms with E-state index >= 15 is 0 Å². The summed E-state index contributed by atoms with van der Waals surface area (Å²) in [6.07, 6.45) is 5.51. The van der Waals surface area contributed by atoms with Gasteiger partial charge in [-0.25, -0.2) is 0 Å².